The predicted molar refractivity (Wildman–Crippen MR) is 71.3 cm³/mol. The molecule has 4 heteroatoms. The standard InChI is InChI=1S/C14H10O3S/c15-13(10-6-2-1-3-7-10)14(16)17-11-8-4-5-9-12(11)18/h1-8H,9H2. The van der Waals surface area contributed by atoms with Crippen LogP contribution in [0.25, 0.3) is 0 Å². The van der Waals surface area contributed by atoms with Crippen molar-refractivity contribution in [2.45, 2.75) is 6.42 Å². The molecule has 1 aliphatic carbocycles. The SMILES string of the molecule is O=C(OC1=CC=CCC1=S)C(=O)c1ccccc1. The van der Waals surface area contributed by atoms with Crippen molar-refractivity contribution in [3.8, 4) is 0 Å². The molecule has 1 aromatic rings. The first-order chi connectivity index (χ1) is 8.68. The van der Waals surface area contributed by atoms with Crippen molar-refractivity contribution in [2.24, 2.45) is 0 Å². The van der Waals surface area contributed by atoms with Gasteiger partial charge in [-0.05, 0) is 6.08 Å². The third kappa shape index (κ3) is 2.78. The van der Waals surface area contributed by atoms with Gasteiger partial charge in [-0.3, -0.25) is 4.79 Å². The number of Topliss-reactive ketones (excluding diaryl/α,β-unsaturated/α-hetero) is 1. The minimum atomic E-state index is -0.912. The summed E-state index contributed by atoms with van der Waals surface area (Å²) in [6.45, 7) is 0. The van der Waals surface area contributed by atoms with Gasteiger partial charge in [0, 0.05) is 12.0 Å². The molecule has 0 saturated heterocycles. The molecule has 0 unspecified atom stereocenters. The Bertz CT molecular complexity index is 556. The molecule has 2 rings (SSSR count). The molecular weight excluding hydrogens is 248 g/mol. The first-order valence-electron chi connectivity index (χ1n) is 5.40. The van der Waals surface area contributed by atoms with E-state index in [2.05, 4.69) is 0 Å². The number of rotatable bonds is 3. The second-order valence-electron chi connectivity index (χ2n) is 3.67. The topological polar surface area (TPSA) is 43.4 Å². The maximum absolute atomic E-state index is 11.8. The minimum Gasteiger partial charge on any atom is -0.419 e. The van der Waals surface area contributed by atoms with Crippen molar-refractivity contribution in [2.75, 3.05) is 0 Å². The van der Waals surface area contributed by atoms with Gasteiger partial charge >= 0.3 is 5.97 Å². The van der Waals surface area contributed by atoms with Crippen molar-refractivity contribution in [1.29, 1.82) is 0 Å². The molecule has 1 aromatic carbocycles. The number of ketones is 1. The maximum atomic E-state index is 11.8. The Morgan fingerprint density at radius 2 is 1.89 bits per heavy atom. The Morgan fingerprint density at radius 3 is 2.56 bits per heavy atom. The van der Waals surface area contributed by atoms with Crippen LogP contribution in [0.4, 0.5) is 0 Å². The van der Waals surface area contributed by atoms with Gasteiger partial charge in [-0.2, -0.15) is 0 Å². The number of benzene rings is 1. The average molecular weight is 258 g/mol. The van der Waals surface area contributed by atoms with Crippen LogP contribution >= 0.6 is 12.2 Å². The number of carbonyl (C=O) groups is 2. The third-order valence-corrected chi connectivity index (χ3v) is 2.75. The Hall–Kier alpha value is -2.07. The summed E-state index contributed by atoms with van der Waals surface area (Å²) in [5, 5.41) is 0. The molecule has 0 bridgehead atoms. The fourth-order valence-electron chi connectivity index (χ4n) is 1.47. The minimum absolute atomic E-state index is 0.279. The zero-order valence-corrected chi connectivity index (χ0v) is 10.3. The van der Waals surface area contributed by atoms with Gasteiger partial charge in [-0.15, -0.1) is 0 Å². The zero-order chi connectivity index (χ0) is 13.0. The van der Waals surface area contributed by atoms with E-state index >= 15 is 0 Å². The molecule has 1 aliphatic rings. The molecule has 0 fully saturated rings. The number of hydrogen-bond donors (Lipinski definition) is 0. The summed E-state index contributed by atoms with van der Waals surface area (Å²) in [5.74, 6) is -1.30. The highest BCUT2D eigenvalue weighted by atomic mass is 32.1. The molecular formula is C14H10O3S. The van der Waals surface area contributed by atoms with Crippen LogP contribution in [0.2, 0.25) is 0 Å². The van der Waals surface area contributed by atoms with E-state index in [1.807, 2.05) is 6.08 Å². The summed E-state index contributed by atoms with van der Waals surface area (Å²) >= 11 is 5.04. The Labute approximate surface area is 110 Å². The van der Waals surface area contributed by atoms with E-state index in [4.69, 9.17) is 17.0 Å². The summed E-state index contributed by atoms with van der Waals surface area (Å²) in [4.78, 5) is 23.9. The lowest BCUT2D eigenvalue weighted by Gasteiger charge is -2.10. The van der Waals surface area contributed by atoms with Crippen molar-refractivity contribution < 1.29 is 14.3 Å². The summed E-state index contributed by atoms with van der Waals surface area (Å²) in [7, 11) is 0. The third-order valence-electron chi connectivity index (χ3n) is 2.39. The lowest BCUT2D eigenvalue weighted by Crippen LogP contribution is -2.20. The van der Waals surface area contributed by atoms with Crippen LogP contribution in [0, 0.1) is 0 Å². The van der Waals surface area contributed by atoms with Gasteiger partial charge < -0.3 is 4.74 Å². The molecule has 0 saturated carbocycles. The van der Waals surface area contributed by atoms with E-state index in [-0.39, 0.29) is 5.76 Å². The number of carbonyl (C=O) groups excluding carboxylic acids is 2. The van der Waals surface area contributed by atoms with Gasteiger partial charge in [-0.1, -0.05) is 54.7 Å². The first-order valence-corrected chi connectivity index (χ1v) is 5.81. The van der Waals surface area contributed by atoms with Crippen molar-refractivity contribution in [1.82, 2.24) is 0 Å². The molecule has 0 spiro atoms. The number of thiocarbonyl (C=S) groups is 1. The van der Waals surface area contributed by atoms with Crippen LogP contribution < -0.4 is 0 Å². The van der Waals surface area contributed by atoms with Gasteiger partial charge in [0.2, 0.25) is 0 Å². The van der Waals surface area contributed by atoms with Crippen LogP contribution in [0.15, 0.2) is 54.3 Å². The molecule has 0 atom stereocenters. The normalized spacial score (nSPS) is 14.0. The van der Waals surface area contributed by atoms with E-state index in [0.29, 0.717) is 16.8 Å². The number of ether oxygens (including phenoxy) is 1. The van der Waals surface area contributed by atoms with Crippen LogP contribution in [-0.4, -0.2) is 16.6 Å². The number of allylic oxidation sites excluding steroid dienone is 4. The van der Waals surface area contributed by atoms with Gasteiger partial charge in [0.15, 0.2) is 0 Å². The quantitative estimate of drug-likeness (QED) is 0.362. The Kier molecular flexibility index (Phi) is 3.79. The lowest BCUT2D eigenvalue weighted by molar-refractivity contribution is -0.133. The lowest BCUT2D eigenvalue weighted by atomic mass is 10.1. The molecule has 0 radical (unpaired) electrons. The summed E-state index contributed by atoms with van der Waals surface area (Å²) < 4.78 is 5.00. The molecule has 0 N–H and O–H groups in total. The predicted octanol–water partition coefficient (Wildman–Crippen LogP) is 2.63. The second kappa shape index (κ2) is 5.51. The molecule has 0 heterocycles. The molecule has 90 valence electrons. The number of esters is 1. The van der Waals surface area contributed by atoms with Crippen LogP contribution in [0.5, 0.6) is 0 Å². The maximum Gasteiger partial charge on any atom is 0.385 e. The molecule has 0 amide bonds. The highest BCUT2D eigenvalue weighted by Crippen LogP contribution is 2.13. The van der Waals surface area contributed by atoms with E-state index in [9.17, 15) is 9.59 Å². The number of hydrogen-bond acceptors (Lipinski definition) is 4. The molecule has 0 aromatic heterocycles. The molecule has 18 heavy (non-hydrogen) atoms. The van der Waals surface area contributed by atoms with Crippen molar-refractivity contribution in [3.05, 3.63) is 59.9 Å². The van der Waals surface area contributed by atoms with E-state index in [1.54, 1.807) is 42.5 Å². The highest BCUT2D eigenvalue weighted by Gasteiger charge is 2.21. The van der Waals surface area contributed by atoms with Gasteiger partial charge in [0.1, 0.15) is 5.76 Å². The van der Waals surface area contributed by atoms with Gasteiger partial charge in [0.25, 0.3) is 5.78 Å². The van der Waals surface area contributed by atoms with Crippen molar-refractivity contribution >= 4 is 28.8 Å². The second-order valence-corrected chi connectivity index (χ2v) is 4.16. The summed E-state index contributed by atoms with van der Waals surface area (Å²) in [5.41, 5.74) is 0.306. The Morgan fingerprint density at radius 1 is 1.17 bits per heavy atom. The van der Waals surface area contributed by atoms with E-state index in [1.165, 1.54) is 0 Å². The van der Waals surface area contributed by atoms with Gasteiger partial charge in [-0.25, -0.2) is 4.79 Å². The van der Waals surface area contributed by atoms with Crippen LogP contribution in [0.1, 0.15) is 16.8 Å². The highest BCUT2D eigenvalue weighted by molar-refractivity contribution is 7.80. The van der Waals surface area contributed by atoms with Gasteiger partial charge in [0.05, 0.1) is 4.86 Å². The Balaban J connectivity index is 2.09. The van der Waals surface area contributed by atoms with E-state index < -0.39 is 11.8 Å². The fourth-order valence-corrected chi connectivity index (χ4v) is 1.67. The first kappa shape index (κ1) is 12.4. The average Bonchev–Trinajstić information content (AvgIpc) is 2.41. The molecule has 0 aliphatic heterocycles. The zero-order valence-electron chi connectivity index (χ0n) is 9.46. The molecule has 3 nitrogen and oxygen atoms in total. The van der Waals surface area contributed by atoms with Crippen LogP contribution in [-0.2, 0) is 9.53 Å². The smallest absolute Gasteiger partial charge is 0.385 e. The van der Waals surface area contributed by atoms with Crippen molar-refractivity contribution in [3.63, 3.8) is 0 Å². The van der Waals surface area contributed by atoms with Crippen LogP contribution in [0.3, 0.4) is 0 Å². The monoisotopic (exact) mass is 258 g/mol. The van der Waals surface area contributed by atoms with E-state index in [0.717, 1.165) is 0 Å². The summed E-state index contributed by atoms with van der Waals surface area (Å²) in [6, 6.07) is 8.28. The largest absolute Gasteiger partial charge is 0.419 e. The fraction of sp³-hybridized carbons (Fsp3) is 0.0714. The summed E-state index contributed by atoms with van der Waals surface area (Å²) in [6.07, 6.45) is 5.74.